The summed E-state index contributed by atoms with van der Waals surface area (Å²) in [5, 5.41) is 3.48. The van der Waals surface area contributed by atoms with Crippen LogP contribution in [0.4, 0.5) is 5.69 Å². The Hall–Kier alpha value is -1.20. The number of methoxy groups -OCH3 is 2. The molecule has 1 unspecified atom stereocenters. The minimum Gasteiger partial charge on any atom is -0.493 e. The highest BCUT2D eigenvalue weighted by Crippen LogP contribution is 2.33. The molecule has 0 fully saturated rings. The molecule has 0 amide bonds. The van der Waals surface area contributed by atoms with Crippen molar-refractivity contribution in [1.82, 2.24) is 0 Å². The van der Waals surface area contributed by atoms with Crippen LogP contribution < -0.4 is 14.8 Å². The molecular weight excluding hydrogens is 398 g/mol. The molecule has 0 radical (unpaired) electrons. The molecule has 0 aliphatic carbocycles. The van der Waals surface area contributed by atoms with Crippen LogP contribution in [-0.2, 0) is 0 Å². The molecule has 1 atom stereocenters. The average Bonchev–Trinajstić information content (AvgIpc) is 2.50. The van der Waals surface area contributed by atoms with E-state index >= 15 is 0 Å². The van der Waals surface area contributed by atoms with Crippen molar-refractivity contribution in [1.29, 1.82) is 0 Å². The second-order valence-corrected chi connectivity index (χ2v) is 6.37. The number of anilines is 1. The summed E-state index contributed by atoms with van der Waals surface area (Å²) >= 11 is 7.04. The summed E-state index contributed by atoms with van der Waals surface area (Å²) in [5.74, 6) is 1.47. The van der Waals surface area contributed by atoms with Crippen molar-refractivity contribution >= 4 is 37.5 Å². The van der Waals surface area contributed by atoms with Crippen molar-refractivity contribution in [3.63, 3.8) is 0 Å². The Kier molecular flexibility index (Phi) is 5.53. The summed E-state index contributed by atoms with van der Waals surface area (Å²) in [5.41, 5.74) is 2.16. The molecule has 0 aliphatic heterocycles. The molecule has 0 saturated carbocycles. The fourth-order valence-corrected chi connectivity index (χ4v) is 2.77. The summed E-state index contributed by atoms with van der Waals surface area (Å²) < 4.78 is 12.7. The first-order chi connectivity index (χ1) is 10.0. The van der Waals surface area contributed by atoms with E-state index in [-0.39, 0.29) is 6.04 Å². The lowest BCUT2D eigenvalue weighted by molar-refractivity contribution is 0.354. The van der Waals surface area contributed by atoms with Gasteiger partial charge in [-0.25, -0.2) is 0 Å². The normalized spacial score (nSPS) is 11.9. The maximum atomic E-state index is 5.35. The summed E-state index contributed by atoms with van der Waals surface area (Å²) in [4.78, 5) is 0. The maximum absolute atomic E-state index is 5.35. The summed E-state index contributed by atoms with van der Waals surface area (Å²) in [7, 11) is 3.28. The van der Waals surface area contributed by atoms with Crippen LogP contribution in [0.3, 0.4) is 0 Å². The average molecular weight is 415 g/mol. The van der Waals surface area contributed by atoms with Gasteiger partial charge in [0.05, 0.1) is 19.9 Å². The topological polar surface area (TPSA) is 30.5 Å². The first-order valence-electron chi connectivity index (χ1n) is 6.48. The van der Waals surface area contributed by atoms with Gasteiger partial charge in [-0.05, 0) is 58.7 Å². The van der Waals surface area contributed by atoms with Gasteiger partial charge in [0.15, 0.2) is 11.5 Å². The van der Waals surface area contributed by atoms with Crippen LogP contribution in [-0.4, -0.2) is 14.2 Å². The molecular formula is C16H17Br2NO2. The van der Waals surface area contributed by atoms with E-state index in [0.717, 1.165) is 31.7 Å². The zero-order chi connectivity index (χ0) is 15.4. The van der Waals surface area contributed by atoms with Gasteiger partial charge in [0, 0.05) is 15.0 Å². The SMILES string of the molecule is COc1ccc(C(C)Nc2cc(Br)ccc2Br)cc1OC. The number of hydrogen-bond donors (Lipinski definition) is 1. The first kappa shape index (κ1) is 16.2. The molecule has 0 aliphatic rings. The standard InChI is InChI=1S/C16H17Br2NO2/c1-10(19-14-9-12(17)5-6-13(14)18)11-4-7-15(20-2)16(8-11)21-3/h4-10,19H,1-3H3. The number of nitrogens with one attached hydrogen (secondary N) is 1. The highest BCUT2D eigenvalue weighted by atomic mass is 79.9. The number of hydrogen-bond acceptors (Lipinski definition) is 3. The van der Waals surface area contributed by atoms with Gasteiger partial charge in [0.1, 0.15) is 0 Å². The molecule has 112 valence electrons. The van der Waals surface area contributed by atoms with E-state index in [1.165, 1.54) is 0 Å². The molecule has 0 heterocycles. The summed E-state index contributed by atoms with van der Waals surface area (Å²) in [6, 6.07) is 12.1. The van der Waals surface area contributed by atoms with Gasteiger partial charge in [-0.15, -0.1) is 0 Å². The first-order valence-corrected chi connectivity index (χ1v) is 8.07. The molecule has 2 aromatic carbocycles. The third-order valence-electron chi connectivity index (χ3n) is 3.21. The largest absolute Gasteiger partial charge is 0.493 e. The van der Waals surface area contributed by atoms with Crippen LogP contribution in [0.25, 0.3) is 0 Å². The Balaban J connectivity index is 2.24. The highest BCUT2D eigenvalue weighted by Gasteiger charge is 2.11. The number of rotatable bonds is 5. The van der Waals surface area contributed by atoms with Gasteiger partial charge in [0.2, 0.25) is 0 Å². The molecule has 2 aromatic rings. The Bertz CT molecular complexity index is 632. The van der Waals surface area contributed by atoms with Crippen molar-refractivity contribution < 1.29 is 9.47 Å². The molecule has 5 heteroatoms. The zero-order valence-corrected chi connectivity index (χ0v) is 15.3. The Morgan fingerprint density at radius 3 is 2.33 bits per heavy atom. The van der Waals surface area contributed by atoms with Crippen LogP contribution >= 0.6 is 31.9 Å². The van der Waals surface area contributed by atoms with Crippen molar-refractivity contribution in [2.24, 2.45) is 0 Å². The Morgan fingerprint density at radius 2 is 1.67 bits per heavy atom. The number of halogens is 2. The highest BCUT2D eigenvalue weighted by molar-refractivity contribution is 9.11. The quantitative estimate of drug-likeness (QED) is 0.710. The predicted octanol–water partition coefficient (Wildman–Crippen LogP) is 5.40. The van der Waals surface area contributed by atoms with E-state index in [1.807, 2.05) is 36.4 Å². The maximum Gasteiger partial charge on any atom is 0.161 e. The molecule has 0 spiro atoms. The van der Waals surface area contributed by atoms with E-state index in [2.05, 4.69) is 44.1 Å². The summed E-state index contributed by atoms with van der Waals surface area (Å²) in [6.45, 7) is 2.11. The van der Waals surface area contributed by atoms with E-state index in [0.29, 0.717) is 0 Å². The lowest BCUT2D eigenvalue weighted by atomic mass is 10.1. The number of ether oxygens (including phenoxy) is 2. The van der Waals surface area contributed by atoms with Crippen LogP contribution in [0.2, 0.25) is 0 Å². The predicted molar refractivity (Wildman–Crippen MR) is 93.4 cm³/mol. The Morgan fingerprint density at radius 1 is 0.952 bits per heavy atom. The molecule has 0 saturated heterocycles. The third-order valence-corrected chi connectivity index (χ3v) is 4.39. The monoisotopic (exact) mass is 413 g/mol. The minimum absolute atomic E-state index is 0.135. The smallest absolute Gasteiger partial charge is 0.161 e. The molecule has 21 heavy (non-hydrogen) atoms. The third kappa shape index (κ3) is 3.92. The zero-order valence-electron chi connectivity index (χ0n) is 12.1. The van der Waals surface area contributed by atoms with Crippen molar-refractivity contribution in [2.45, 2.75) is 13.0 Å². The van der Waals surface area contributed by atoms with Crippen molar-refractivity contribution in [3.05, 3.63) is 50.9 Å². The van der Waals surface area contributed by atoms with Crippen LogP contribution in [0.15, 0.2) is 45.3 Å². The van der Waals surface area contributed by atoms with Crippen LogP contribution in [0.5, 0.6) is 11.5 Å². The molecule has 0 aromatic heterocycles. The van der Waals surface area contributed by atoms with Crippen molar-refractivity contribution in [3.8, 4) is 11.5 Å². The van der Waals surface area contributed by atoms with Gasteiger partial charge in [-0.2, -0.15) is 0 Å². The summed E-state index contributed by atoms with van der Waals surface area (Å²) in [6.07, 6.45) is 0. The lowest BCUT2D eigenvalue weighted by Gasteiger charge is -2.18. The van der Waals surface area contributed by atoms with Crippen LogP contribution in [0, 0.1) is 0 Å². The van der Waals surface area contributed by atoms with E-state index in [9.17, 15) is 0 Å². The van der Waals surface area contributed by atoms with Gasteiger partial charge in [-0.3, -0.25) is 0 Å². The molecule has 3 nitrogen and oxygen atoms in total. The second-order valence-electron chi connectivity index (χ2n) is 4.60. The molecule has 2 rings (SSSR count). The van der Waals surface area contributed by atoms with Gasteiger partial charge in [-0.1, -0.05) is 22.0 Å². The fraction of sp³-hybridized carbons (Fsp3) is 0.250. The van der Waals surface area contributed by atoms with Crippen molar-refractivity contribution in [2.75, 3.05) is 19.5 Å². The van der Waals surface area contributed by atoms with Gasteiger partial charge in [0.25, 0.3) is 0 Å². The second kappa shape index (κ2) is 7.18. The minimum atomic E-state index is 0.135. The lowest BCUT2D eigenvalue weighted by Crippen LogP contribution is -2.07. The fourth-order valence-electron chi connectivity index (χ4n) is 2.05. The van der Waals surface area contributed by atoms with E-state index in [1.54, 1.807) is 14.2 Å². The van der Waals surface area contributed by atoms with Gasteiger partial charge >= 0.3 is 0 Å². The van der Waals surface area contributed by atoms with E-state index < -0.39 is 0 Å². The molecule has 1 N–H and O–H groups in total. The molecule has 0 bridgehead atoms. The van der Waals surface area contributed by atoms with Gasteiger partial charge < -0.3 is 14.8 Å². The number of benzene rings is 2. The van der Waals surface area contributed by atoms with Crippen LogP contribution in [0.1, 0.15) is 18.5 Å². The Labute approximate surface area is 141 Å². The van der Waals surface area contributed by atoms with E-state index in [4.69, 9.17) is 9.47 Å².